The summed E-state index contributed by atoms with van der Waals surface area (Å²) in [6.45, 7) is 6.89. The van der Waals surface area contributed by atoms with E-state index in [2.05, 4.69) is 23.8 Å². The zero-order chi connectivity index (χ0) is 20.7. The molecule has 0 atom stereocenters. The first-order valence-corrected chi connectivity index (χ1v) is 8.74. The highest BCUT2D eigenvalue weighted by Gasteiger charge is 2.10. The monoisotopic (exact) mass is 413 g/mol. The quantitative estimate of drug-likeness (QED) is 0.705. The minimum Gasteiger partial charge on any atom is -0.478 e. The second kappa shape index (κ2) is 10.1. The molecule has 0 saturated heterocycles. The summed E-state index contributed by atoms with van der Waals surface area (Å²) < 4.78 is 0. The molecule has 0 fully saturated rings. The van der Waals surface area contributed by atoms with E-state index in [9.17, 15) is 9.59 Å². The molecule has 0 amide bonds. The van der Waals surface area contributed by atoms with E-state index in [1.807, 2.05) is 11.9 Å². The van der Waals surface area contributed by atoms with Gasteiger partial charge in [0.05, 0.1) is 11.1 Å². The lowest BCUT2D eigenvalue weighted by Crippen LogP contribution is -2.24. The summed E-state index contributed by atoms with van der Waals surface area (Å²) in [6, 6.07) is 5.65. The van der Waals surface area contributed by atoms with Crippen molar-refractivity contribution >= 4 is 41.0 Å². The number of pyridine rings is 2. The van der Waals surface area contributed by atoms with Crippen LogP contribution in [0.15, 0.2) is 24.3 Å². The highest BCUT2D eigenvalue weighted by Crippen LogP contribution is 2.15. The lowest BCUT2D eigenvalue weighted by atomic mass is 10.2. The third-order valence-electron chi connectivity index (χ3n) is 3.23. The second-order valence-corrected chi connectivity index (χ2v) is 7.02. The van der Waals surface area contributed by atoms with Crippen molar-refractivity contribution in [1.82, 2.24) is 9.97 Å². The van der Waals surface area contributed by atoms with E-state index in [-0.39, 0.29) is 21.4 Å². The molecule has 2 rings (SSSR count). The molecule has 0 aliphatic heterocycles. The van der Waals surface area contributed by atoms with Crippen LogP contribution in [0.2, 0.25) is 10.3 Å². The van der Waals surface area contributed by atoms with Gasteiger partial charge in [0.25, 0.3) is 0 Å². The minimum absolute atomic E-state index is 0.0370. The molecule has 27 heavy (non-hydrogen) atoms. The van der Waals surface area contributed by atoms with Crippen LogP contribution in [0, 0.1) is 12.8 Å². The molecule has 2 aromatic rings. The fourth-order valence-corrected chi connectivity index (χ4v) is 2.66. The lowest BCUT2D eigenvalue weighted by Gasteiger charge is -2.21. The molecule has 9 heteroatoms. The van der Waals surface area contributed by atoms with E-state index in [0.717, 1.165) is 12.2 Å². The number of hydrogen-bond donors (Lipinski definition) is 2. The Labute approximate surface area is 167 Å². The summed E-state index contributed by atoms with van der Waals surface area (Å²) in [7, 11) is 1.92. The first-order valence-electron chi connectivity index (χ1n) is 7.99. The topological polar surface area (TPSA) is 104 Å². The maximum atomic E-state index is 10.9. The highest BCUT2D eigenvalue weighted by molar-refractivity contribution is 6.32. The molecule has 0 bridgehead atoms. The Morgan fingerprint density at radius 1 is 1.00 bits per heavy atom. The Hall–Kier alpha value is -2.38. The third kappa shape index (κ3) is 7.80. The Morgan fingerprint density at radius 2 is 1.48 bits per heavy atom. The number of nitrogens with zero attached hydrogens (tertiary/aromatic N) is 3. The van der Waals surface area contributed by atoms with Crippen molar-refractivity contribution in [3.8, 4) is 0 Å². The maximum Gasteiger partial charge on any atom is 0.335 e. The molecule has 0 aromatic carbocycles. The molecule has 0 spiro atoms. The zero-order valence-electron chi connectivity index (χ0n) is 15.4. The van der Waals surface area contributed by atoms with E-state index in [1.165, 1.54) is 12.1 Å². The summed E-state index contributed by atoms with van der Waals surface area (Å²) in [5.41, 5.74) is 1.05. The van der Waals surface area contributed by atoms with Crippen molar-refractivity contribution in [3.05, 3.63) is 51.4 Å². The molecular weight excluding hydrogens is 393 g/mol. The minimum atomic E-state index is -1.07. The number of rotatable bonds is 5. The normalized spacial score (nSPS) is 10.2. The zero-order valence-corrected chi connectivity index (χ0v) is 16.9. The molecule has 2 heterocycles. The molecule has 0 aliphatic carbocycles. The summed E-state index contributed by atoms with van der Waals surface area (Å²) >= 11 is 10.9. The number of carboxylic acids is 2. The van der Waals surface area contributed by atoms with Gasteiger partial charge in [-0.15, -0.1) is 0 Å². The van der Waals surface area contributed by atoms with Crippen LogP contribution in [0.1, 0.15) is 40.3 Å². The van der Waals surface area contributed by atoms with Gasteiger partial charge < -0.3 is 15.1 Å². The van der Waals surface area contributed by atoms with Crippen LogP contribution in [0.25, 0.3) is 0 Å². The van der Waals surface area contributed by atoms with Crippen LogP contribution in [-0.4, -0.2) is 45.7 Å². The number of halogens is 2. The SMILES string of the molecule is Cc1cc(C(=O)O)cc(N(C)CC(C)C)n1.O=C(O)c1cc(Cl)nc(Cl)c1. The van der Waals surface area contributed by atoms with Crippen LogP contribution in [0.5, 0.6) is 0 Å². The van der Waals surface area contributed by atoms with E-state index in [1.54, 1.807) is 19.1 Å². The molecule has 0 radical (unpaired) electrons. The predicted octanol–water partition coefficient (Wildman–Crippen LogP) is 4.27. The van der Waals surface area contributed by atoms with Crippen molar-refractivity contribution in [2.24, 2.45) is 5.92 Å². The van der Waals surface area contributed by atoms with Crippen LogP contribution in [-0.2, 0) is 0 Å². The molecule has 7 nitrogen and oxygen atoms in total. The maximum absolute atomic E-state index is 10.9. The average molecular weight is 414 g/mol. The summed E-state index contributed by atoms with van der Waals surface area (Å²) in [4.78, 5) is 31.2. The molecule has 2 aromatic heterocycles. The third-order valence-corrected chi connectivity index (χ3v) is 3.61. The highest BCUT2D eigenvalue weighted by atomic mass is 35.5. The molecule has 0 aliphatic rings. The van der Waals surface area contributed by atoms with Gasteiger partial charge in [-0.2, -0.15) is 0 Å². The fraction of sp³-hybridized carbons (Fsp3) is 0.333. The Bertz CT molecular complexity index is 808. The van der Waals surface area contributed by atoms with Crippen LogP contribution >= 0.6 is 23.2 Å². The smallest absolute Gasteiger partial charge is 0.335 e. The Balaban J connectivity index is 0.000000289. The van der Waals surface area contributed by atoms with E-state index >= 15 is 0 Å². The molecular formula is C18H21Cl2N3O4. The Kier molecular flexibility index (Phi) is 8.46. The van der Waals surface area contributed by atoms with Crippen molar-refractivity contribution in [1.29, 1.82) is 0 Å². The number of aromatic carboxylic acids is 2. The van der Waals surface area contributed by atoms with Gasteiger partial charge in [-0.05, 0) is 37.1 Å². The van der Waals surface area contributed by atoms with Gasteiger partial charge in [0.15, 0.2) is 0 Å². The van der Waals surface area contributed by atoms with Gasteiger partial charge >= 0.3 is 11.9 Å². The van der Waals surface area contributed by atoms with Gasteiger partial charge in [-0.1, -0.05) is 37.0 Å². The number of carboxylic acid groups (broad SMARTS) is 2. The first-order chi connectivity index (χ1) is 12.5. The standard InChI is InChI=1S/C12H18N2O2.C6H3Cl2NO2/c1-8(2)7-14(4)11-6-10(12(15)16)5-9(3)13-11;7-4-1-3(6(10)11)2-5(8)9-4/h5-6,8H,7H2,1-4H3,(H,15,16);1-2H,(H,10,11). The average Bonchev–Trinajstić information content (AvgIpc) is 2.53. The molecule has 0 unspecified atom stereocenters. The van der Waals surface area contributed by atoms with Crippen molar-refractivity contribution in [2.75, 3.05) is 18.5 Å². The lowest BCUT2D eigenvalue weighted by molar-refractivity contribution is 0.0686. The second-order valence-electron chi connectivity index (χ2n) is 6.24. The summed E-state index contributed by atoms with van der Waals surface area (Å²) in [5.74, 6) is -0.757. The van der Waals surface area contributed by atoms with E-state index in [4.69, 9.17) is 33.4 Å². The predicted molar refractivity (Wildman–Crippen MR) is 105 cm³/mol. The molecule has 0 saturated carbocycles. The molecule has 2 N–H and O–H groups in total. The van der Waals surface area contributed by atoms with Gasteiger partial charge in [0.2, 0.25) is 0 Å². The van der Waals surface area contributed by atoms with Gasteiger partial charge in [0.1, 0.15) is 16.1 Å². The van der Waals surface area contributed by atoms with Gasteiger partial charge in [-0.3, -0.25) is 0 Å². The number of aryl methyl sites for hydroxylation is 1. The number of carbonyl (C=O) groups is 2. The summed E-state index contributed by atoms with van der Waals surface area (Å²) in [6.07, 6.45) is 0. The van der Waals surface area contributed by atoms with Crippen molar-refractivity contribution in [3.63, 3.8) is 0 Å². The summed E-state index contributed by atoms with van der Waals surface area (Å²) in [5, 5.41) is 17.6. The first kappa shape index (κ1) is 22.7. The molecule has 146 valence electrons. The van der Waals surface area contributed by atoms with Crippen LogP contribution in [0.4, 0.5) is 5.82 Å². The van der Waals surface area contributed by atoms with Crippen LogP contribution in [0.3, 0.4) is 0 Å². The van der Waals surface area contributed by atoms with Crippen LogP contribution < -0.4 is 4.90 Å². The van der Waals surface area contributed by atoms with Crippen molar-refractivity contribution in [2.45, 2.75) is 20.8 Å². The van der Waals surface area contributed by atoms with Gasteiger partial charge in [-0.25, -0.2) is 19.6 Å². The Morgan fingerprint density at radius 3 is 1.93 bits per heavy atom. The van der Waals surface area contributed by atoms with E-state index in [0.29, 0.717) is 11.7 Å². The van der Waals surface area contributed by atoms with Gasteiger partial charge in [0, 0.05) is 19.3 Å². The number of hydrogen-bond acceptors (Lipinski definition) is 5. The fourth-order valence-electron chi connectivity index (χ4n) is 2.20. The largest absolute Gasteiger partial charge is 0.478 e. The number of aromatic nitrogens is 2. The van der Waals surface area contributed by atoms with Crippen molar-refractivity contribution < 1.29 is 19.8 Å². The van der Waals surface area contributed by atoms with E-state index < -0.39 is 11.9 Å². The number of anilines is 1.